The Morgan fingerprint density at radius 3 is 2.96 bits per heavy atom. The van der Waals surface area contributed by atoms with Crippen molar-refractivity contribution < 1.29 is 9.21 Å². The molecule has 2 aromatic heterocycles. The second-order valence-electron chi connectivity index (χ2n) is 7.51. The molecule has 5 heteroatoms. The molecule has 1 saturated carbocycles. The summed E-state index contributed by atoms with van der Waals surface area (Å²) < 4.78 is 5.90. The molecule has 1 amide bonds. The van der Waals surface area contributed by atoms with Crippen molar-refractivity contribution in [2.24, 2.45) is 5.92 Å². The average Bonchev–Trinajstić information content (AvgIpc) is 3.16. The molecule has 2 heterocycles. The third-order valence-electron chi connectivity index (χ3n) is 5.36. The van der Waals surface area contributed by atoms with E-state index < -0.39 is 0 Å². The molecule has 0 radical (unpaired) electrons. The van der Waals surface area contributed by atoms with Gasteiger partial charge in [0, 0.05) is 17.2 Å². The van der Waals surface area contributed by atoms with Crippen LogP contribution in [0.5, 0.6) is 0 Å². The van der Waals surface area contributed by atoms with Gasteiger partial charge in [-0.15, -0.1) is 0 Å². The van der Waals surface area contributed by atoms with E-state index in [1.54, 1.807) is 0 Å². The molecule has 2 aromatic carbocycles. The second kappa shape index (κ2) is 5.98. The van der Waals surface area contributed by atoms with Crippen molar-refractivity contribution in [3.8, 4) is 0 Å². The number of amides is 1. The molecular weight excluding hydrogens is 338 g/mol. The van der Waals surface area contributed by atoms with E-state index in [1.807, 2.05) is 49.4 Å². The summed E-state index contributed by atoms with van der Waals surface area (Å²) in [6, 6.07) is 15.9. The number of benzene rings is 2. The number of para-hydroxylation sites is 2. The maximum atomic E-state index is 12.7. The Labute approximate surface area is 156 Å². The highest BCUT2D eigenvalue weighted by atomic mass is 16.3. The summed E-state index contributed by atoms with van der Waals surface area (Å²) in [7, 11) is 0. The molecule has 0 saturated heterocycles. The van der Waals surface area contributed by atoms with Crippen molar-refractivity contribution in [2.75, 3.05) is 0 Å². The van der Waals surface area contributed by atoms with E-state index in [0.29, 0.717) is 0 Å². The number of furan rings is 1. The maximum Gasteiger partial charge on any atom is 0.224 e. The highest BCUT2D eigenvalue weighted by Crippen LogP contribution is 2.47. The number of aromatic nitrogens is 2. The summed E-state index contributed by atoms with van der Waals surface area (Å²) in [4.78, 5) is 20.6. The first-order chi connectivity index (χ1) is 13.1. The summed E-state index contributed by atoms with van der Waals surface area (Å²) in [5, 5.41) is 4.16. The lowest BCUT2D eigenvalue weighted by Gasteiger charge is -2.11. The Balaban J connectivity index is 1.28. The van der Waals surface area contributed by atoms with Crippen LogP contribution in [0.1, 0.15) is 42.5 Å². The Morgan fingerprint density at radius 2 is 2.11 bits per heavy atom. The van der Waals surface area contributed by atoms with E-state index >= 15 is 0 Å². The Hall–Kier alpha value is -3.08. The monoisotopic (exact) mass is 359 g/mol. The first-order valence-electron chi connectivity index (χ1n) is 9.33. The average molecular weight is 359 g/mol. The van der Waals surface area contributed by atoms with E-state index in [-0.39, 0.29) is 23.8 Å². The minimum absolute atomic E-state index is 0.0281. The van der Waals surface area contributed by atoms with Gasteiger partial charge in [-0.2, -0.15) is 0 Å². The number of hydrogen-bond acceptors (Lipinski definition) is 3. The van der Waals surface area contributed by atoms with Crippen molar-refractivity contribution in [1.29, 1.82) is 0 Å². The molecule has 1 fully saturated rings. The number of nitrogens with one attached hydrogen (secondary N) is 2. The van der Waals surface area contributed by atoms with Crippen molar-refractivity contribution in [3.05, 3.63) is 65.7 Å². The van der Waals surface area contributed by atoms with E-state index in [1.165, 1.54) is 5.56 Å². The first kappa shape index (κ1) is 16.1. The van der Waals surface area contributed by atoms with Crippen molar-refractivity contribution in [2.45, 2.75) is 32.2 Å². The van der Waals surface area contributed by atoms with Gasteiger partial charge in [0.25, 0.3) is 0 Å². The molecule has 1 aliphatic rings. The van der Waals surface area contributed by atoms with Gasteiger partial charge in [-0.05, 0) is 50.6 Å². The van der Waals surface area contributed by atoms with Crippen LogP contribution in [-0.4, -0.2) is 15.9 Å². The number of imidazole rings is 1. The summed E-state index contributed by atoms with van der Waals surface area (Å²) in [6.45, 7) is 4.02. The number of H-pyrrole nitrogens is 1. The number of fused-ring (bicyclic) bond motifs is 2. The van der Waals surface area contributed by atoms with Crippen LogP contribution in [-0.2, 0) is 4.79 Å². The van der Waals surface area contributed by atoms with Gasteiger partial charge in [0.15, 0.2) is 0 Å². The molecule has 27 heavy (non-hydrogen) atoms. The lowest BCUT2D eigenvalue weighted by atomic mass is 10.1. The largest absolute Gasteiger partial charge is 0.459 e. The predicted molar refractivity (Wildman–Crippen MR) is 104 cm³/mol. The summed E-state index contributed by atoms with van der Waals surface area (Å²) >= 11 is 0. The fourth-order valence-electron chi connectivity index (χ4n) is 3.72. The lowest BCUT2D eigenvalue weighted by Crippen LogP contribution is -2.28. The fraction of sp³-hybridized carbons (Fsp3) is 0.273. The molecule has 3 atom stereocenters. The third kappa shape index (κ3) is 2.89. The molecule has 1 unspecified atom stereocenters. The standard InChI is InChI=1S/C22H21N3O2/c1-12-7-8-19-14(9-12)10-20(27-19)13(2)23-22(26)16-11-15(16)21-24-17-5-3-4-6-18(17)25-21/h3-10,13,15-16H,11H2,1-2H3,(H,23,26)(H,24,25)/t13?,15-,16-/m0/s1. The zero-order valence-electron chi connectivity index (χ0n) is 15.3. The molecule has 5 nitrogen and oxygen atoms in total. The van der Waals surface area contributed by atoms with E-state index in [9.17, 15) is 4.79 Å². The smallest absolute Gasteiger partial charge is 0.224 e. The normalized spacial score (nSPS) is 20.1. The highest BCUT2D eigenvalue weighted by molar-refractivity contribution is 5.84. The van der Waals surface area contributed by atoms with Crippen LogP contribution in [0.15, 0.2) is 52.9 Å². The molecule has 0 bridgehead atoms. The van der Waals surface area contributed by atoms with Gasteiger partial charge in [0.2, 0.25) is 5.91 Å². The van der Waals surface area contributed by atoms with E-state index in [2.05, 4.69) is 28.3 Å². The number of aromatic amines is 1. The topological polar surface area (TPSA) is 70.9 Å². The minimum Gasteiger partial charge on any atom is -0.459 e. The Morgan fingerprint density at radius 1 is 1.26 bits per heavy atom. The molecule has 136 valence electrons. The van der Waals surface area contributed by atoms with Crippen LogP contribution >= 0.6 is 0 Å². The number of rotatable bonds is 4. The van der Waals surface area contributed by atoms with Gasteiger partial charge in [-0.3, -0.25) is 4.79 Å². The Kier molecular flexibility index (Phi) is 3.57. The van der Waals surface area contributed by atoms with Crippen molar-refractivity contribution in [1.82, 2.24) is 15.3 Å². The highest BCUT2D eigenvalue weighted by Gasteiger charge is 2.46. The van der Waals surface area contributed by atoms with Gasteiger partial charge in [-0.25, -0.2) is 4.98 Å². The molecule has 0 aliphatic heterocycles. The maximum absolute atomic E-state index is 12.7. The van der Waals surface area contributed by atoms with Gasteiger partial charge in [0.05, 0.1) is 17.1 Å². The van der Waals surface area contributed by atoms with Crippen molar-refractivity contribution in [3.63, 3.8) is 0 Å². The molecule has 0 spiro atoms. The molecule has 1 aliphatic carbocycles. The summed E-state index contributed by atoms with van der Waals surface area (Å²) in [6.07, 6.45) is 0.831. The van der Waals surface area contributed by atoms with Crippen LogP contribution in [0.4, 0.5) is 0 Å². The molecule has 5 rings (SSSR count). The number of aryl methyl sites for hydroxylation is 1. The zero-order chi connectivity index (χ0) is 18.5. The van der Waals surface area contributed by atoms with Gasteiger partial charge in [-0.1, -0.05) is 23.8 Å². The Bertz CT molecular complexity index is 1120. The van der Waals surface area contributed by atoms with Crippen LogP contribution in [0.3, 0.4) is 0 Å². The SMILES string of the molecule is Cc1ccc2oc(C(C)NC(=O)[C@H]3C[C@@H]3c3nc4ccccc4[nH]3)cc2c1. The van der Waals surface area contributed by atoms with Crippen molar-refractivity contribution >= 4 is 27.9 Å². The van der Waals surface area contributed by atoms with Gasteiger partial charge >= 0.3 is 0 Å². The number of carbonyl (C=O) groups excluding carboxylic acids is 1. The van der Waals surface area contributed by atoms with E-state index in [0.717, 1.165) is 40.0 Å². The number of nitrogens with zero attached hydrogens (tertiary/aromatic N) is 1. The molecule has 2 N–H and O–H groups in total. The minimum atomic E-state index is -0.165. The number of hydrogen-bond donors (Lipinski definition) is 2. The van der Waals surface area contributed by atoms with E-state index in [4.69, 9.17) is 4.42 Å². The molecular formula is C22H21N3O2. The first-order valence-corrected chi connectivity index (χ1v) is 9.33. The third-order valence-corrected chi connectivity index (χ3v) is 5.36. The lowest BCUT2D eigenvalue weighted by molar-refractivity contribution is -0.123. The van der Waals surface area contributed by atoms with Crippen LogP contribution < -0.4 is 5.32 Å². The summed E-state index contributed by atoms with van der Waals surface area (Å²) in [5.74, 6) is 1.89. The molecule has 4 aromatic rings. The fourth-order valence-corrected chi connectivity index (χ4v) is 3.72. The zero-order valence-corrected chi connectivity index (χ0v) is 15.3. The quantitative estimate of drug-likeness (QED) is 0.559. The van der Waals surface area contributed by atoms with Gasteiger partial charge in [0.1, 0.15) is 17.2 Å². The predicted octanol–water partition coefficient (Wildman–Crippen LogP) is 4.60. The number of carbonyl (C=O) groups is 1. The second-order valence-corrected chi connectivity index (χ2v) is 7.51. The van der Waals surface area contributed by atoms with Crippen LogP contribution in [0, 0.1) is 12.8 Å². The van der Waals surface area contributed by atoms with Gasteiger partial charge < -0.3 is 14.7 Å². The summed E-state index contributed by atoms with van der Waals surface area (Å²) in [5.41, 5.74) is 4.01. The van der Waals surface area contributed by atoms with Crippen LogP contribution in [0.25, 0.3) is 22.0 Å². The van der Waals surface area contributed by atoms with Crippen LogP contribution in [0.2, 0.25) is 0 Å².